The second kappa shape index (κ2) is 7.44. The predicted octanol–water partition coefficient (Wildman–Crippen LogP) is 3.79. The molecule has 112 valence electrons. The Bertz CT molecular complexity index is 419. The van der Waals surface area contributed by atoms with Gasteiger partial charge >= 0.3 is 5.97 Å². The lowest BCUT2D eigenvalue weighted by atomic mass is 9.82. The maximum atomic E-state index is 11.4. The van der Waals surface area contributed by atoms with Crippen molar-refractivity contribution in [1.82, 2.24) is 5.32 Å². The number of carboxylic acids is 1. The summed E-state index contributed by atoms with van der Waals surface area (Å²) in [7, 11) is 0. The van der Waals surface area contributed by atoms with E-state index in [-0.39, 0.29) is 0 Å². The van der Waals surface area contributed by atoms with Crippen molar-refractivity contribution in [2.45, 2.75) is 53.0 Å². The van der Waals surface area contributed by atoms with Gasteiger partial charge < -0.3 is 10.4 Å². The lowest BCUT2D eigenvalue weighted by molar-refractivity contribution is -0.149. The highest BCUT2D eigenvalue weighted by molar-refractivity contribution is 5.74. The quantitative estimate of drug-likeness (QED) is 0.760. The molecule has 3 heteroatoms. The minimum Gasteiger partial charge on any atom is -0.481 e. The molecule has 2 N–H and O–H groups in total. The Morgan fingerprint density at radius 1 is 1.20 bits per heavy atom. The molecule has 1 aromatic rings. The van der Waals surface area contributed by atoms with E-state index in [0.29, 0.717) is 31.8 Å². The van der Waals surface area contributed by atoms with Crippen molar-refractivity contribution in [3.8, 4) is 0 Å². The van der Waals surface area contributed by atoms with E-state index in [1.165, 1.54) is 11.1 Å². The van der Waals surface area contributed by atoms with Crippen molar-refractivity contribution in [1.29, 1.82) is 0 Å². The van der Waals surface area contributed by atoms with Gasteiger partial charge in [-0.25, -0.2) is 0 Å². The van der Waals surface area contributed by atoms with Gasteiger partial charge in [0.15, 0.2) is 0 Å². The maximum absolute atomic E-state index is 11.4. The molecular weight excluding hydrogens is 250 g/mol. The first kappa shape index (κ1) is 16.7. The van der Waals surface area contributed by atoms with Gasteiger partial charge in [0.05, 0.1) is 5.41 Å². The highest BCUT2D eigenvalue weighted by atomic mass is 16.4. The Balaban J connectivity index is 2.57. The number of rotatable bonds is 8. The summed E-state index contributed by atoms with van der Waals surface area (Å²) in [5.74, 6) is -0.165. The Morgan fingerprint density at radius 2 is 1.75 bits per heavy atom. The van der Waals surface area contributed by atoms with Crippen LogP contribution < -0.4 is 5.32 Å². The fourth-order valence-corrected chi connectivity index (χ4v) is 2.34. The molecule has 0 saturated heterocycles. The standard InChI is InChI=1S/C17H27NO2/c1-5-17(6-2,16(19)20)12-18-11-14-7-9-15(10-8-14)13(3)4/h7-10,13,18H,5-6,11-12H2,1-4H3,(H,19,20). The van der Waals surface area contributed by atoms with Gasteiger partial charge in [-0.2, -0.15) is 0 Å². The molecule has 20 heavy (non-hydrogen) atoms. The molecular formula is C17H27NO2. The molecule has 0 fully saturated rings. The monoisotopic (exact) mass is 277 g/mol. The second-order valence-electron chi connectivity index (χ2n) is 5.79. The third-order valence-corrected chi connectivity index (χ3v) is 4.25. The van der Waals surface area contributed by atoms with Gasteiger partial charge in [-0.1, -0.05) is 52.0 Å². The van der Waals surface area contributed by atoms with Crippen LogP contribution in [0.3, 0.4) is 0 Å². The zero-order chi connectivity index (χ0) is 15.2. The van der Waals surface area contributed by atoms with Gasteiger partial charge in [0.25, 0.3) is 0 Å². The van der Waals surface area contributed by atoms with E-state index in [1.54, 1.807) is 0 Å². The third-order valence-electron chi connectivity index (χ3n) is 4.25. The van der Waals surface area contributed by atoms with Gasteiger partial charge in [0.1, 0.15) is 0 Å². The number of hydrogen-bond donors (Lipinski definition) is 2. The lowest BCUT2D eigenvalue weighted by Gasteiger charge is -2.27. The fourth-order valence-electron chi connectivity index (χ4n) is 2.34. The molecule has 0 unspecified atom stereocenters. The van der Waals surface area contributed by atoms with E-state index in [0.717, 1.165) is 0 Å². The number of nitrogens with one attached hydrogen (secondary N) is 1. The molecule has 1 rings (SSSR count). The molecule has 0 radical (unpaired) electrons. The summed E-state index contributed by atoms with van der Waals surface area (Å²) in [6.45, 7) is 9.47. The fraction of sp³-hybridized carbons (Fsp3) is 0.588. The smallest absolute Gasteiger partial charge is 0.310 e. The van der Waals surface area contributed by atoms with Gasteiger partial charge in [0.2, 0.25) is 0 Å². The summed E-state index contributed by atoms with van der Waals surface area (Å²) in [5.41, 5.74) is 1.88. The van der Waals surface area contributed by atoms with E-state index in [2.05, 4.69) is 43.4 Å². The van der Waals surface area contributed by atoms with Crippen LogP contribution in [0.4, 0.5) is 0 Å². The van der Waals surface area contributed by atoms with Crippen LogP contribution in [0.25, 0.3) is 0 Å². The van der Waals surface area contributed by atoms with Crippen LogP contribution in [0.5, 0.6) is 0 Å². The zero-order valence-corrected chi connectivity index (χ0v) is 13.1. The van der Waals surface area contributed by atoms with Gasteiger partial charge in [-0.15, -0.1) is 0 Å². The molecule has 0 aliphatic heterocycles. The summed E-state index contributed by atoms with van der Waals surface area (Å²) < 4.78 is 0. The molecule has 1 aromatic carbocycles. The van der Waals surface area contributed by atoms with Crippen LogP contribution in [0.2, 0.25) is 0 Å². The zero-order valence-electron chi connectivity index (χ0n) is 13.1. The molecule has 0 amide bonds. The van der Waals surface area contributed by atoms with Crippen molar-refractivity contribution >= 4 is 5.97 Å². The van der Waals surface area contributed by atoms with Crippen molar-refractivity contribution in [3.05, 3.63) is 35.4 Å². The summed E-state index contributed by atoms with van der Waals surface area (Å²) in [6.07, 6.45) is 1.30. The summed E-state index contributed by atoms with van der Waals surface area (Å²) in [4.78, 5) is 11.4. The molecule has 0 spiro atoms. The topological polar surface area (TPSA) is 49.3 Å². The highest BCUT2D eigenvalue weighted by Gasteiger charge is 2.34. The predicted molar refractivity (Wildman–Crippen MR) is 82.9 cm³/mol. The van der Waals surface area contributed by atoms with Crippen LogP contribution >= 0.6 is 0 Å². The summed E-state index contributed by atoms with van der Waals surface area (Å²) in [6, 6.07) is 8.52. The van der Waals surface area contributed by atoms with Gasteiger partial charge in [0, 0.05) is 13.1 Å². The number of hydrogen-bond acceptors (Lipinski definition) is 2. The van der Waals surface area contributed by atoms with Crippen molar-refractivity contribution in [3.63, 3.8) is 0 Å². The van der Waals surface area contributed by atoms with Crippen molar-refractivity contribution in [2.75, 3.05) is 6.54 Å². The maximum Gasteiger partial charge on any atom is 0.310 e. The number of benzene rings is 1. The van der Waals surface area contributed by atoms with Gasteiger partial charge in [-0.05, 0) is 29.9 Å². The number of aliphatic carboxylic acids is 1. The molecule has 0 bridgehead atoms. The third kappa shape index (κ3) is 4.07. The summed E-state index contributed by atoms with van der Waals surface area (Å²) >= 11 is 0. The highest BCUT2D eigenvalue weighted by Crippen LogP contribution is 2.25. The Morgan fingerprint density at radius 3 is 2.15 bits per heavy atom. The van der Waals surface area contributed by atoms with E-state index in [4.69, 9.17) is 0 Å². The van der Waals surface area contributed by atoms with Crippen LogP contribution in [-0.4, -0.2) is 17.6 Å². The van der Waals surface area contributed by atoms with E-state index >= 15 is 0 Å². The van der Waals surface area contributed by atoms with Crippen molar-refractivity contribution < 1.29 is 9.90 Å². The lowest BCUT2D eigenvalue weighted by Crippen LogP contribution is -2.39. The normalized spacial score (nSPS) is 11.8. The molecule has 0 saturated carbocycles. The number of carboxylic acid groups (broad SMARTS) is 1. The van der Waals surface area contributed by atoms with Crippen LogP contribution in [0.15, 0.2) is 24.3 Å². The van der Waals surface area contributed by atoms with E-state index in [9.17, 15) is 9.90 Å². The van der Waals surface area contributed by atoms with E-state index in [1.807, 2.05) is 13.8 Å². The molecule has 0 atom stereocenters. The van der Waals surface area contributed by atoms with Crippen LogP contribution in [0, 0.1) is 5.41 Å². The molecule has 0 heterocycles. The molecule has 0 aromatic heterocycles. The molecule has 0 aliphatic rings. The first-order valence-electron chi connectivity index (χ1n) is 7.48. The first-order valence-corrected chi connectivity index (χ1v) is 7.48. The van der Waals surface area contributed by atoms with Crippen LogP contribution in [-0.2, 0) is 11.3 Å². The minimum absolute atomic E-state index is 0.515. The molecule has 3 nitrogen and oxygen atoms in total. The van der Waals surface area contributed by atoms with E-state index < -0.39 is 11.4 Å². The SMILES string of the molecule is CCC(CC)(CNCc1ccc(C(C)C)cc1)C(=O)O. The Hall–Kier alpha value is -1.35. The summed E-state index contributed by atoms with van der Waals surface area (Å²) in [5, 5.41) is 12.7. The largest absolute Gasteiger partial charge is 0.481 e. The Labute approximate surface area is 122 Å². The van der Waals surface area contributed by atoms with Crippen molar-refractivity contribution in [2.24, 2.45) is 5.41 Å². The average molecular weight is 277 g/mol. The second-order valence-corrected chi connectivity index (χ2v) is 5.79. The Kier molecular flexibility index (Phi) is 6.21. The average Bonchev–Trinajstić information content (AvgIpc) is 2.44. The van der Waals surface area contributed by atoms with Crippen LogP contribution in [0.1, 0.15) is 57.6 Å². The minimum atomic E-state index is -0.704. The van der Waals surface area contributed by atoms with Gasteiger partial charge in [-0.3, -0.25) is 4.79 Å². The number of carbonyl (C=O) groups is 1. The first-order chi connectivity index (χ1) is 9.45. The molecule has 0 aliphatic carbocycles.